The second kappa shape index (κ2) is 7.54. The fraction of sp³-hybridized carbons (Fsp3) is 0.455. The first kappa shape index (κ1) is 19.5. The van der Waals surface area contributed by atoms with Crippen LogP contribution in [0.3, 0.4) is 0 Å². The van der Waals surface area contributed by atoms with Crippen molar-refractivity contribution in [2.45, 2.75) is 32.6 Å². The minimum absolute atomic E-state index is 0.140. The zero-order chi connectivity index (χ0) is 20.6. The van der Waals surface area contributed by atoms with E-state index in [0.29, 0.717) is 30.8 Å². The maximum absolute atomic E-state index is 13.2. The molecule has 3 heterocycles. The molecule has 2 aromatic heterocycles. The number of aliphatic imine (C=N–C) groups is 1. The molecular weight excluding hydrogens is 366 g/mol. The number of ketones is 1. The number of hydrogen-bond acceptors (Lipinski definition) is 6. The number of hydrogen-bond donors (Lipinski definition) is 1. The Bertz CT molecular complexity index is 1060. The minimum atomic E-state index is -0.406. The van der Waals surface area contributed by atoms with E-state index in [4.69, 9.17) is 15.5 Å². The van der Waals surface area contributed by atoms with E-state index in [1.807, 2.05) is 28.9 Å². The average molecular weight is 391 g/mol. The fourth-order valence-corrected chi connectivity index (χ4v) is 4.47. The van der Waals surface area contributed by atoms with E-state index >= 15 is 0 Å². The predicted molar refractivity (Wildman–Crippen MR) is 109 cm³/mol. The molecule has 0 bridgehead atoms. The molecule has 2 aromatic rings. The SMILES string of the molecule is CC1(C)CC(=O)C2C(=NC(COCCN)=C(C#N)C2c2ccc3nccn3c2)C1. The topological polar surface area (TPSA) is 106 Å². The number of imidazole rings is 1. The van der Waals surface area contributed by atoms with Crippen molar-refractivity contribution in [2.24, 2.45) is 22.1 Å². The Kier molecular flexibility index (Phi) is 5.07. The molecule has 2 aliphatic rings. The summed E-state index contributed by atoms with van der Waals surface area (Å²) in [7, 11) is 0. The molecule has 2 unspecified atom stereocenters. The van der Waals surface area contributed by atoms with Crippen LogP contribution in [0, 0.1) is 22.7 Å². The van der Waals surface area contributed by atoms with Gasteiger partial charge in [-0.2, -0.15) is 5.26 Å². The van der Waals surface area contributed by atoms with Gasteiger partial charge in [0.05, 0.1) is 36.5 Å². The molecule has 1 fully saturated rings. The van der Waals surface area contributed by atoms with Crippen LogP contribution in [0.25, 0.3) is 5.65 Å². The van der Waals surface area contributed by atoms with Crippen molar-refractivity contribution in [1.29, 1.82) is 5.26 Å². The van der Waals surface area contributed by atoms with Crippen molar-refractivity contribution in [1.82, 2.24) is 9.38 Å². The minimum Gasteiger partial charge on any atom is -0.374 e. The summed E-state index contributed by atoms with van der Waals surface area (Å²) in [5.74, 6) is -0.623. The van der Waals surface area contributed by atoms with E-state index in [-0.39, 0.29) is 23.7 Å². The summed E-state index contributed by atoms with van der Waals surface area (Å²) in [5, 5.41) is 10.0. The van der Waals surface area contributed by atoms with Gasteiger partial charge in [-0.25, -0.2) is 4.98 Å². The highest BCUT2D eigenvalue weighted by atomic mass is 16.5. The molecule has 0 radical (unpaired) electrons. The molecule has 0 amide bonds. The smallest absolute Gasteiger partial charge is 0.143 e. The summed E-state index contributed by atoms with van der Waals surface area (Å²) in [4.78, 5) is 22.2. The Morgan fingerprint density at radius 2 is 2.17 bits per heavy atom. The van der Waals surface area contributed by atoms with Crippen molar-refractivity contribution < 1.29 is 9.53 Å². The van der Waals surface area contributed by atoms with Crippen LogP contribution in [0.4, 0.5) is 0 Å². The summed E-state index contributed by atoms with van der Waals surface area (Å²) < 4.78 is 7.53. The number of pyridine rings is 1. The molecule has 29 heavy (non-hydrogen) atoms. The van der Waals surface area contributed by atoms with Crippen molar-refractivity contribution in [3.05, 3.63) is 47.6 Å². The molecular formula is C22H25N5O2. The van der Waals surface area contributed by atoms with Crippen LogP contribution >= 0.6 is 0 Å². The third-order valence-corrected chi connectivity index (χ3v) is 5.64. The van der Waals surface area contributed by atoms with Crippen LogP contribution < -0.4 is 5.73 Å². The highest BCUT2D eigenvalue weighted by Gasteiger charge is 2.46. The molecule has 7 nitrogen and oxygen atoms in total. The number of ether oxygens (including phenoxy) is 1. The first-order chi connectivity index (χ1) is 13.9. The highest BCUT2D eigenvalue weighted by Crippen LogP contribution is 2.46. The lowest BCUT2D eigenvalue weighted by atomic mass is 9.63. The van der Waals surface area contributed by atoms with Gasteiger partial charge in [-0.1, -0.05) is 19.9 Å². The number of fused-ring (bicyclic) bond motifs is 2. The van der Waals surface area contributed by atoms with Gasteiger partial charge in [-0.3, -0.25) is 9.79 Å². The summed E-state index contributed by atoms with van der Waals surface area (Å²) in [5.41, 5.74) is 9.09. The van der Waals surface area contributed by atoms with Gasteiger partial charge in [0.1, 0.15) is 11.4 Å². The lowest BCUT2D eigenvalue weighted by Gasteiger charge is -2.40. The number of carbonyl (C=O) groups excluding carboxylic acids is 1. The molecule has 4 rings (SSSR count). The van der Waals surface area contributed by atoms with E-state index in [9.17, 15) is 10.1 Å². The predicted octanol–water partition coefficient (Wildman–Crippen LogP) is 2.63. The molecule has 1 saturated carbocycles. The normalized spacial score (nSPS) is 23.7. The largest absolute Gasteiger partial charge is 0.374 e. The lowest BCUT2D eigenvalue weighted by Crippen LogP contribution is -2.43. The van der Waals surface area contributed by atoms with E-state index in [2.05, 4.69) is 24.9 Å². The van der Waals surface area contributed by atoms with Gasteiger partial charge in [0, 0.05) is 43.2 Å². The van der Waals surface area contributed by atoms with Crippen LogP contribution in [-0.2, 0) is 9.53 Å². The van der Waals surface area contributed by atoms with Crippen LogP contribution in [0.2, 0.25) is 0 Å². The number of rotatable bonds is 5. The highest BCUT2D eigenvalue weighted by molar-refractivity contribution is 6.10. The Morgan fingerprint density at radius 1 is 1.34 bits per heavy atom. The van der Waals surface area contributed by atoms with Crippen molar-refractivity contribution >= 4 is 17.1 Å². The van der Waals surface area contributed by atoms with Crippen molar-refractivity contribution in [3.8, 4) is 6.07 Å². The molecule has 0 saturated heterocycles. The second-order valence-corrected chi connectivity index (χ2v) is 8.51. The van der Waals surface area contributed by atoms with Crippen LogP contribution in [0.5, 0.6) is 0 Å². The number of aromatic nitrogens is 2. The van der Waals surface area contributed by atoms with Gasteiger partial charge < -0.3 is 14.9 Å². The first-order valence-electron chi connectivity index (χ1n) is 9.87. The average Bonchev–Trinajstić information content (AvgIpc) is 3.14. The standard InChI is InChI=1S/C22H25N5O2/c1-22(2)9-16-21(18(28)10-22)20(14-3-4-19-25-6-7-27(19)12-14)15(11-24)17(26-16)13-29-8-5-23/h3-4,6-7,12,20-21H,5,8-10,13,23H2,1-2H3. The molecule has 1 aliphatic carbocycles. The number of carbonyl (C=O) groups is 1. The van der Waals surface area contributed by atoms with Gasteiger partial charge in [-0.05, 0) is 23.5 Å². The van der Waals surface area contributed by atoms with E-state index in [0.717, 1.165) is 23.3 Å². The zero-order valence-corrected chi connectivity index (χ0v) is 16.8. The van der Waals surface area contributed by atoms with Crippen LogP contribution in [-0.4, -0.2) is 40.6 Å². The summed E-state index contributed by atoms with van der Waals surface area (Å²) in [6.45, 7) is 5.19. The molecule has 2 atom stereocenters. The number of nitrogens with two attached hydrogens (primary N) is 1. The Hall–Kier alpha value is -2.82. The molecule has 7 heteroatoms. The molecule has 150 valence electrons. The van der Waals surface area contributed by atoms with Gasteiger partial charge in [0.25, 0.3) is 0 Å². The summed E-state index contributed by atoms with van der Waals surface area (Å²) in [6.07, 6.45) is 6.76. The maximum atomic E-state index is 13.2. The van der Waals surface area contributed by atoms with E-state index in [1.54, 1.807) is 6.20 Å². The fourth-order valence-electron chi connectivity index (χ4n) is 4.47. The van der Waals surface area contributed by atoms with E-state index in [1.165, 1.54) is 0 Å². The summed E-state index contributed by atoms with van der Waals surface area (Å²) >= 11 is 0. The molecule has 2 N–H and O–H groups in total. The Morgan fingerprint density at radius 3 is 2.93 bits per heavy atom. The third-order valence-electron chi connectivity index (χ3n) is 5.64. The first-order valence-corrected chi connectivity index (χ1v) is 9.87. The second-order valence-electron chi connectivity index (χ2n) is 8.51. The maximum Gasteiger partial charge on any atom is 0.143 e. The lowest BCUT2D eigenvalue weighted by molar-refractivity contribution is -0.124. The van der Waals surface area contributed by atoms with Gasteiger partial charge >= 0.3 is 0 Å². The monoisotopic (exact) mass is 391 g/mol. The molecule has 1 aliphatic heterocycles. The van der Waals surface area contributed by atoms with Gasteiger partial charge in [0.2, 0.25) is 0 Å². The van der Waals surface area contributed by atoms with E-state index < -0.39 is 5.92 Å². The van der Waals surface area contributed by atoms with Crippen LogP contribution in [0.1, 0.15) is 38.2 Å². The van der Waals surface area contributed by atoms with Gasteiger partial charge in [0.15, 0.2) is 0 Å². The zero-order valence-electron chi connectivity index (χ0n) is 16.8. The van der Waals surface area contributed by atoms with Gasteiger partial charge in [-0.15, -0.1) is 0 Å². The number of Topliss-reactive ketones (excluding diaryl/α,β-unsaturated/α-hetero) is 1. The molecule has 0 aromatic carbocycles. The Balaban J connectivity index is 1.84. The Labute approximate surface area is 169 Å². The number of nitrogens with zero attached hydrogens (tertiary/aromatic N) is 4. The summed E-state index contributed by atoms with van der Waals surface area (Å²) in [6, 6.07) is 6.20. The number of nitriles is 1. The van der Waals surface area contributed by atoms with Crippen LogP contribution in [0.15, 0.2) is 47.0 Å². The number of allylic oxidation sites excluding steroid dienone is 1. The third kappa shape index (κ3) is 3.61. The van der Waals surface area contributed by atoms with Crippen molar-refractivity contribution in [2.75, 3.05) is 19.8 Å². The molecule has 0 spiro atoms. The quantitative estimate of drug-likeness (QED) is 0.789. The van der Waals surface area contributed by atoms with Crippen molar-refractivity contribution in [3.63, 3.8) is 0 Å².